The van der Waals surface area contributed by atoms with Gasteiger partial charge in [-0.05, 0) is 43.9 Å². The molecule has 26 heavy (non-hydrogen) atoms. The molecule has 2 unspecified atom stereocenters. The fourth-order valence-electron chi connectivity index (χ4n) is 4.26. The molecular formula is C15H20F3N5O3. The molecular weight excluding hydrogens is 355 g/mol. The second kappa shape index (κ2) is 6.38. The Kier molecular flexibility index (Phi) is 4.30. The van der Waals surface area contributed by atoms with Gasteiger partial charge in [0.2, 0.25) is 0 Å². The van der Waals surface area contributed by atoms with Gasteiger partial charge < -0.3 is 9.63 Å². The third-order valence-electron chi connectivity index (χ3n) is 5.60. The van der Waals surface area contributed by atoms with E-state index in [4.69, 9.17) is 9.63 Å². The summed E-state index contributed by atoms with van der Waals surface area (Å²) in [7, 11) is 0. The van der Waals surface area contributed by atoms with Crippen molar-refractivity contribution in [3.63, 3.8) is 0 Å². The molecule has 3 aliphatic rings. The van der Waals surface area contributed by atoms with E-state index in [2.05, 4.69) is 15.0 Å². The normalized spacial score (nSPS) is 30.7. The van der Waals surface area contributed by atoms with Crippen LogP contribution in [0.1, 0.15) is 31.5 Å². The van der Waals surface area contributed by atoms with Gasteiger partial charge in [0.25, 0.3) is 5.82 Å². The summed E-state index contributed by atoms with van der Waals surface area (Å²) in [5.74, 6) is -2.27. The van der Waals surface area contributed by atoms with E-state index >= 15 is 0 Å². The van der Waals surface area contributed by atoms with Gasteiger partial charge >= 0.3 is 18.2 Å². The first-order valence-electron chi connectivity index (χ1n) is 8.75. The molecule has 0 spiro atoms. The molecule has 3 atom stereocenters. The van der Waals surface area contributed by atoms with E-state index in [0.29, 0.717) is 19.4 Å². The third kappa shape index (κ3) is 3.13. The Bertz CT molecular complexity index is 660. The van der Waals surface area contributed by atoms with Crippen molar-refractivity contribution in [2.45, 2.75) is 43.9 Å². The molecule has 1 aromatic heterocycles. The maximum absolute atomic E-state index is 12.7. The predicted octanol–water partition coefficient (Wildman–Crippen LogP) is 1.45. The number of likely N-dealkylation sites (tertiary alicyclic amines) is 1. The van der Waals surface area contributed by atoms with E-state index in [-0.39, 0.29) is 24.0 Å². The number of carboxylic acids is 1. The molecule has 11 heteroatoms. The Labute approximate surface area is 147 Å². The summed E-state index contributed by atoms with van der Waals surface area (Å²) in [5, 5.41) is 15.8. The van der Waals surface area contributed by atoms with Crippen molar-refractivity contribution in [2.24, 2.45) is 5.92 Å². The quantitative estimate of drug-likeness (QED) is 0.850. The fraction of sp³-hybridized carbons (Fsp3) is 0.800. The third-order valence-corrected chi connectivity index (χ3v) is 5.60. The van der Waals surface area contributed by atoms with Gasteiger partial charge in [-0.3, -0.25) is 14.7 Å². The average molecular weight is 375 g/mol. The lowest BCUT2D eigenvalue weighted by Crippen LogP contribution is -2.57. The molecule has 0 aliphatic carbocycles. The molecule has 0 saturated carbocycles. The summed E-state index contributed by atoms with van der Waals surface area (Å²) in [5.41, 5.74) is 0. The zero-order valence-corrected chi connectivity index (χ0v) is 14.0. The molecule has 3 fully saturated rings. The Balaban J connectivity index is 1.42. The molecule has 3 aliphatic heterocycles. The van der Waals surface area contributed by atoms with E-state index in [1.807, 2.05) is 5.01 Å². The second-order valence-electron chi connectivity index (χ2n) is 7.14. The number of alkyl halides is 3. The van der Waals surface area contributed by atoms with Crippen LogP contribution in [0, 0.1) is 5.92 Å². The summed E-state index contributed by atoms with van der Waals surface area (Å²) < 4.78 is 43.0. The minimum absolute atomic E-state index is 0.0208. The van der Waals surface area contributed by atoms with Gasteiger partial charge in [0.1, 0.15) is 0 Å². The SMILES string of the molecule is O=C(O)C1CCN(C2C[C@@H]3CCN(C2)N3c2nc(C(F)(F)F)no2)CC1. The van der Waals surface area contributed by atoms with Crippen molar-refractivity contribution < 1.29 is 27.6 Å². The van der Waals surface area contributed by atoms with Crippen LogP contribution in [0.5, 0.6) is 0 Å². The van der Waals surface area contributed by atoms with Crippen LogP contribution in [0.25, 0.3) is 0 Å². The van der Waals surface area contributed by atoms with Crippen LogP contribution < -0.4 is 5.01 Å². The predicted molar refractivity (Wildman–Crippen MR) is 82.1 cm³/mol. The lowest BCUT2D eigenvalue weighted by molar-refractivity contribution is -0.146. The number of fused-ring (bicyclic) bond motifs is 2. The summed E-state index contributed by atoms with van der Waals surface area (Å²) in [6, 6.07) is 0.175. The highest BCUT2D eigenvalue weighted by Crippen LogP contribution is 2.36. The highest BCUT2D eigenvalue weighted by molar-refractivity contribution is 5.70. The molecule has 0 aromatic carbocycles. The molecule has 2 bridgehead atoms. The first kappa shape index (κ1) is 17.5. The lowest BCUT2D eigenvalue weighted by atomic mass is 9.94. The molecule has 4 rings (SSSR count). The van der Waals surface area contributed by atoms with E-state index in [1.165, 1.54) is 0 Å². The standard InChI is InChI=1S/C15H20F3N5O3/c16-15(17,18)13-19-14(26-20-13)23-10-3-6-22(23)8-11(7-10)21-4-1-9(2-5-21)12(24)25/h9-11H,1-8H2,(H,24,25)/t10-,11?/m0/s1. The van der Waals surface area contributed by atoms with Crippen molar-refractivity contribution in [1.82, 2.24) is 20.0 Å². The molecule has 1 aromatic rings. The number of halogens is 3. The van der Waals surface area contributed by atoms with Gasteiger partial charge in [0.15, 0.2) is 0 Å². The number of hydrogen-bond donors (Lipinski definition) is 1. The molecule has 8 nitrogen and oxygen atoms in total. The van der Waals surface area contributed by atoms with Crippen LogP contribution in [0.2, 0.25) is 0 Å². The second-order valence-corrected chi connectivity index (χ2v) is 7.14. The van der Waals surface area contributed by atoms with Crippen molar-refractivity contribution in [3.05, 3.63) is 5.82 Å². The summed E-state index contributed by atoms with van der Waals surface area (Å²) >= 11 is 0. The minimum Gasteiger partial charge on any atom is -0.481 e. The van der Waals surface area contributed by atoms with Gasteiger partial charge in [-0.1, -0.05) is 0 Å². The summed E-state index contributed by atoms with van der Waals surface area (Å²) in [6.45, 7) is 2.87. The first-order valence-corrected chi connectivity index (χ1v) is 8.75. The Hall–Kier alpha value is -1.88. The molecule has 3 saturated heterocycles. The number of hydrogen-bond acceptors (Lipinski definition) is 7. The van der Waals surface area contributed by atoms with Gasteiger partial charge in [-0.15, -0.1) is 0 Å². The number of nitrogens with zero attached hydrogens (tertiary/aromatic N) is 5. The monoisotopic (exact) mass is 375 g/mol. The van der Waals surface area contributed by atoms with E-state index in [1.54, 1.807) is 5.01 Å². The largest absolute Gasteiger partial charge is 0.481 e. The number of hydrazine groups is 1. The number of anilines is 1. The summed E-state index contributed by atoms with van der Waals surface area (Å²) in [4.78, 5) is 16.9. The maximum atomic E-state index is 12.7. The zero-order valence-electron chi connectivity index (χ0n) is 14.0. The smallest absolute Gasteiger partial charge is 0.455 e. The van der Waals surface area contributed by atoms with Gasteiger partial charge in [0, 0.05) is 19.1 Å². The van der Waals surface area contributed by atoms with E-state index in [0.717, 1.165) is 32.5 Å². The molecule has 4 heterocycles. The van der Waals surface area contributed by atoms with Crippen LogP contribution in [0.15, 0.2) is 4.52 Å². The van der Waals surface area contributed by atoms with Crippen molar-refractivity contribution in [1.29, 1.82) is 0 Å². The topological polar surface area (TPSA) is 85.9 Å². The van der Waals surface area contributed by atoms with Gasteiger partial charge in [0.05, 0.1) is 12.0 Å². The average Bonchev–Trinajstić information content (AvgIpc) is 3.17. The summed E-state index contributed by atoms with van der Waals surface area (Å²) in [6.07, 6.45) is -1.73. The molecule has 0 radical (unpaired) electrons. The molecule has 144 valence electrons. The van der Waals surface area contributed by atoms with E-state index < -0.39 is 18.0 Å². The number of aromatic nitrogens is 2. The number of aliphatic carboxylic acids is 1. The van der Waals surface area contributed by atoms with Crippen LogP contribution in [0.3, 0.4) is 0 Å². The Morgan fingerprint density at radius 2 is 1.88 bits per heavy atom. The Morgan fingerprint density at radius 1 is 1.15 bits per heavy atom. The lowest BCUT2D eigenvalue weighted by Gasteiger charge is -2.45. The first-order chi connectivity index (χ1) is 12.3. The highest BCUT2D eigenvalue weighted by atomic mass is 19.4. The van der Waals surface area contributed by atoms with Crippen LogP contribution >= 0.6 is 0 Å². The van der Waals surface area contributed by atoms with Gasteiger partial charge in [-0.2, -0.15) is 18.2 Å². The number of carboxylic acid groups (broad SMARTS) is 1. The number of piperidine rings is 1. The van der Waals surface area contributed by atoms with Crippen LogP contribution in [-0.2, 0) is 11.0 Å². The minimum atomic E-state index is -4.62. The van der Waals surface area contributed by atoms with Crippen molar-refractivity contribution in [3.8, 4) is 0 Å². The Morgan fingerprint density at radius 3 is 2.46 bits per heavy atom. The maximum Gasteiger partial charge on any atom is 0.455 e. The van der Waals surface area contributed by atoms with E-state index in [9.17, 15) is 18.0 Å². The van der Waals surface area contributed by atoms with Crippen molar-refractivity contribution >= 4 is 12.0 Å². The van der Waals surface area contributed by atoms with Crippen molar-refractivity contribution in [2.75, 3.05) is 31.2 Å². The molecule has 1 N–H and O–H groups in total. The zero-order chi connectivity index (χ0) is 18.5. The van der Waals surface area contributed by atoms with Crippen LogP contribution in [-0.4, -0.2) is 69.4 Å². The molecule has 0 amide bonds. The number of carbonyl (C=O) groups is 1. The fourth-order valence-corrected chi connectivity index (χ4v) is 4.26. The van der Waals surface area contributed by atoms with Crippen LogP contribution in [0.4, 0.5) is 19.2 Å². The number of rotatable bonds is 3. The highest BCUT2D eigenvalue weighted by Gasteiger charge is 2.46. The van der Waals surface area contributed by atoms with Gasteiger partial charge in [-0.25, -0.2) is 5.01 Å².